The van der Waals surface area contributed by atoms with Crippen molar-refractivity contribution in [2.24, 2.45) is 5.73 Å². The van der Waals surface area contributed by atoms with Gasteiger partial charge in [-0.3, -0.25) is 0 Å². The predicted octanol–water partition coefficient (Wildman–Crippen LogP) is 0.482. The molecule has 0 fully saturated rings. The van der Waals surface area contributed by atoms with Crippen molar-refractivity contribution >= 4 is 9.84 Å². The number of hydrogen-bond donors (Lipinski definition) is 1. The first-order valence-corrected chi connectivity index (χ1v) is 7.58. The summed E-state index contributed by atoms with van der Waals surface area (Å²) in [6.07, 6.45) is 5.85. The van der Waals surface area contributed by atoms with Gasteiger partial charge in [-0.1, -0.05) is 12.8 Å². The first-order chi connectivity index (χ1) is 6.95. The molecule has 0 radical (unpaired) electrons. The van der Waals surface area contributed by atoms with Crippen LogP contribution in [0.4, 0.5) is 0 Å². The molecule has 15 heavy (non-hydrogen) atoms. The van der Waals surface area contributed by atoms with E-state index in [0.717, 1.165) is 25.9 Å². The van der Waals surface area contributed by atoms with Crippen LogP contribution in [0.2, 0.25) is 0 Å². The summed E-state index contributed by atoms with van der Waals surface area (Å²) in [5, 5.41) is 0. The molecule has 0 aliphatic heterocycles. The molecule has 0 spiro atoms. The normalized spacial score (nSPS) is 12.3. The fourth-order valence-corrected chi connectivity index (χ4v) is 1.96. The maximum atomic E-state index is 10.9. The lowest BCUT2D eigenvalue weighted by molar-refractivity contribution is 0.341. The average Bonchev–Trinajstić information content (AvgIpc) is 2.13. The third-order valence-corrected chi connectivity index (χ3v) is 3.26. The maximum Gasteiger partial charge on any atom is 0.148 e. The molecule has 5 heteroatoms. The van der Waals surface area contributed by atoms with Crippen molar-refractivity contribution in [3.05, 3.63) is 0 Å². The molecule has 0 rings (SSSR count). The average molecular weight is 236 g/mol. The molecule has 0 atom stereocenters. The van der Waals surface area contributed by atoms with Crippen LogP contribution in [0.5, 0.6) is 0 Å². The molecule has 0 amide bonds. The standard InChI is InChI=1S/C10H24N2O2S/c1-12(9-10-15(2,13)14)8-6-4-3-5-7-11/h3-11H2,1-2H3. The van der Waals surface area contributed by atoms with Crippen molar-refractivity contribution in [2.45, 2.75) is 25.7 Å². The minimum absolute atomic E-state index is 0.256. The SMILES string of the molecule is CN(CCCCCCN)CCS(C)(=O)=O. The predicted molar refractivity (Wildman–Crippen MR) is 64.7 cm³/mol. The van der Waals surface area contributed by atoms with E-state index < -0.39 is 9.84 Å². The van der Waals surface area contributed by atoms with Gasteiger partial charge in [0.15, 0.2) is 0 Å². The number of nitrogens with two attached hydrogens (primary N) is 1. The minimum Gasteiger partial charge on any atom is -0.330 e. The molecule has 0 saturated heterocycles. The lowest BCUT2D eigenvalue weighted by Crippen LogP contribution is -2.26. The first kappa shape index (κ1) is 14.9. The van der Waals surface area contributed by atoms with Crippen LogP contribution in [0.3, 0.4) is 0 Å². The van der Waals surface area contributed by atoms with Crippen LogP contribution in [0.1, 0.15) is 25.7 Å². The van der Waals surface area contributed by atoms with E-state index in [4.69, 9.17) is 5.73 Å². The summed E-state index contributed by atoms with van der Waals surface area (Å²) >= 11 is 0. The fraction of sp³-hybridized carbons (Fsp3) is 1.00. The second kappa shape index (κ2) is 8.07. The molecule has 0 aliphatic carbocycles. The van der Waals surface area contributed by atoms with Gasteiger partial charge in [-0.25, -0.2) is 8.42 Å². The van der Waals surface area contributed by atoms with Gasteiger partial charge in [-0.2, -0.15) is 0 Å². The van der Waals surface area contributed by atoms with E-state index >= 15 is 0 Å². The summed E-state index contributed by atoms with van der Waals surface area (Å²) < 4.78 is 21.8. The van der Waals surface area contributed by atoms with E-state index in [9.17, 15) is 8.42 Å². The third kappa shape index (κ3) is 11.8. The highest BCUT2D eigenvalue weighted by Gasteiger charge is 2.04. The van der Waals surface area contributed by atoms with Gasteiger partial charge in [0, 0.05) is 12.8 Å². The Morgan fingerprint density at radius 1 is 1.07 bits per heavy atom. The Morgan fingerprint density at radius 3 is 2.20 bits per heavy atom. The van der Waals surface area contributed by atoms with Crippen molar-refractivity contribution in [2.75, 3.05) is 38.7 Å². The topological polar surface area (TPSA) is 63.4 Å². The van der Waals surface area contributed by atoms with Crippen molar-refractivity contribution in [1.29, 1.82) is 0 Å². The van der Waals surface area contributed by atoms with Gasteiger partial charge in [0.25, 0.3) is 0 Å². The van der Waals surface area contributed by atoms with E-state index in [1.54, 1.807) is 0 Å². The Hall–Kier alpha value is -0.130. The Labute approximate surface area is 93.7 Å². The maximum absolute atomic E-state index is 10.9. The highest BCUT2D eigenvalue weighted by atomic mass is 32.2. The second-order valence-corrected chi connectivity index (χ2v) is 6.40. The molecule has 0 aromatic rings. The number of hydrogen-bond acceptors (Lipinski definition) is 4. The van der Waals surface area contributed by atoms with Crippen molar-refractivity contribution in [3.63, 3.8) is 0 Å². The van der Waals surface area contributed by atoms with E-state index in [1.807, 2.05) is 7.05 Å². The quantitative estimate of drug-likeness (QED) is 0.592. The van der Waals surface area contributed by atoms with Gasteiger partial charge in [0.05, 0.1) is 5.75 Å². The van der Waals surface area contributed by atoms with Gasteiger partial charge in [0.1, 0.15) is 9.84 Å². The molecule has 92 valence electrons. The molecular weight excluding hydrogens is 212 g/mol. The number of rotatable bonds is 9. The summed E-state index contributed by atoms with van der Waals surface area (Å²) in [5.74, 6) is 0.256. The van der Waals surface area contributed by atoms with Gasteiger partial charge >= 0.3 is 0 Å². The molecule has 0 bridgehead atoms. The van der Waals surface area contributed by atoms with Crippen LogP contribution in [0.25, 0.3) is 0 Å². The molecule has 0 aromatic carbocycles. The minimum atomic E-state index is -2.82. The molecule has 0 unspecified atom stereocenters. The van der Waals surface area contributed by atoms with Gasteiger partial charge < -0.3 is 10.6 Å². The monoisotopic (exact) mass is 236 g/mol. The zero-order chi connectivity index (χ0) is 11.7. The number of nitrogens with zero attached hydrogens (tertiary/aromatic N) is 1. The zero-order valence-electron chi connectivity index (χ0n) is 9.91. The summed E-state index contributed by atoms with van der Waals surface area (Å²) in [7, 11) is -0.850. The first-order valence-electron chi connectivity index (χ1n) is 5.52. The smallest absolute Gasteiger partial charge is 0.148 e. The lowest BCUT2D eigenvalue weighted by atomic mass is 10.2. The van der Waals surface area contributed by atoms with Crippen molar-refractivity contribution < 1.29 is 8.42 Å². The largest absolute Gasteiger partial charge is 0.330 e. The molecule has 4 nitrogen and oxygen atoms in total. The van der Waals surface area contributed by atoms with Gasteiger partial charge in [-0.05, 0) is 33.0 Å². The highest BCUT2D eigenvalue weighted by molar-refractivity contribution is 7.90. The second-order valence-electron chi connectivity index (χ2n) is 4.14. The third-order valence-electron chi connectivity index (χ3n) is 2.34. The zero-order valence-corrected chi connectivity index (χ0v) is 10.7. The van der Waals surface area contributed by atoms with Crippen LogP contribution < -0.4 is 5.73 Å². The molecule has 0 aromatic heterocycles. The van der Waals surface area contributed by atoms with Crippen LogP contribution in [0.15, 0.2) is 0 Å². The molecule has 0 aliphatic rings. The Balaban J connectivity index is 3.37. The van der Waals surface area contributed by atoms with Crippen molar-refractivity contribution in [3.8, 4) is 0 Å². The van der Waals surface area contributed by atoms with Crippen LogP contribution in [0, 0.1) is 0 Å². The summed E-state index contributed by atoms with van der Waals surface area (Å²) in [6, 6.07) is 0. The van der Waals surface area contributed by atoms with Crippen LogP contribution in [-0.4, -0.2) is 52.0 Å². The van der Waals surface area contributed by atoms with E-state index in [2.05, 4.69) is 4.90 Å². The molecule has 0 saturated carbocycles. The molecule has 2 N–H and O–H groups in total. The van der Waals surface area contributed by atoms with E-state index in [1.165, 1.54) is 19.1 Å². The van der Waals surface area contributed by atoms with Crippen LogP contribution in [-0.2, 0) is 9.84 Å². The van der Waals surface area contributed by atoms with Gasteiger partial charge in [-0.15, -0.1) is 0 Å². The van der Waals surface area contributed by atoms with E-state index in [-0.39, 0.29) is 5.75 Å². The molecular formula is C10H24N2O2S. The van der Waals surface area contributed by atoms with Crippen molar-refractivity contribution in [1.82, 2.24) is 4.90 Å². The summed E-state index contributed by atoms with van der Waals surface area (Å²) in [6.45, 7) is 2.37. The Morgan fingerprint density at radius 2 is 1.67 bits per heavy atom. The number of unbranched alkanes of at least 4 members (excludes halogenated alkanes) is 3. The lowest BCUT2D eigenvalue weighted by Gasteiger charge is -2.15. The van der Waals surface area contributed by atoms with Crippen LogP contribution >= 0.6 is 0 Å². The van der Waals surface area contributed by atoms with E-state index in [0.29, 0.717) is 6.54 Å². The number of sulfone groups is 1. The molecule has 0 heterocycles. The summed E-state index contributed by atoms with van der Waals surface area (Å²) in [4.78, 5) is 2.07. The Kier molecular flexibility index (Phi) is 8.00. The Bertz CT molecular complexity index is 240. The summed E-state index contributed by atoms with van der Waals surface area (Å²) in [5.41, 5.74) is 5.39. The highest BCUT2D eigenvalue weighted by Crippen LogP contribution is 2.00. The van der Waals surface area contributed by atoms with Gasteiger partial charge in [0.2, 0.25) is 0 Å². The fourth-order valence-electron chi connectivity index (χ4n) is 1.31.